The number of hydrogen-bond acceptors (Lipinski definition) is 2. The van der Waals surface area contributed by atoms with E-state index in [1.165, 1.54) is 10.9 Å². The summed E-state index contributed by atoms with van der Waals surface area (Å²) in [5.74, 6) is 0. The van der Waals surface area contributed by atoms with Crippen LogP contribution in [0.4, 0.5) is 0 Å². The highest BCUT2D eigenvalue weighted by molar-refractivity contribution is 6.20. The monoisotopic (exact) mass is 575 g/mol. The first-order valence-corrected chi connectivity index (χ1v) is 15.3. The quantitative estimate of drug-likeness (QED) is 0.210. The van der Waals surface area contributed by atoms with E-state index in [0.29, 0.717) is 0 Å². The molecule has 7 aromatic carbocycles. The summed E-state index contributed by atoms with van der Waals surface area (Å²) < 4.78 is 15.5. The zero-order valence-corrected chi connectivity index (χ0v) is 24.2. The van der Waals surface area contributed by atoms with Gasteiger partial charge in [-0.05, 0) is 64.5 Å². The van der Waals surface area contributed by atoms with Crippen LogP contribution in [-0.4, -0.2) is 4.57 Å². The molecular weight excluding hydrogens is 550 g/mol. The second-order valence-electron chi connectivity index (χ2n) is 11.7. The van der Waals surface area contributed by atoms with Gasteiger partial charge in [0.05, 0.1) is 5.52 Å². The highest BCUT2D eigenvalue weighted by Gasteiger charge is 2.21. The fraction of sp³-hybridized carbons (Fsp3) is 0. The molecule has 10 rings (SSSR count). The van der Waals surface area contributed by atoms with Crippen LogP contribution in [0.3, 0.4) is 0 Å². The van der Waals surface area contributed by atoms with Crippen LogP contribution in [0.25, 0.3) is 93.6 Å². The van der Waals surface area contributed by atoms with Gasteiger partial charge >= 0.3 is 0 Å². The molecule has 0 aliphatic carbocycles. The molecule has 0 saturated carbocycles. The van der Waals surface area contributed by atoms with E-state index >= 15 is 0 Å². The number of benzene rings is 7. The summed E-state index contributed by atoms with van der Waals surface area (Å²) in [6, 6.07) is 53.4. The van der Waals surface area contributed by atoms with E-state index in [1.807, 2.05) is 0 Å². The summed E-state index contributed by atoms with van der Waals surface area (Å²) in [6.45, 7) is 0. The maximum absolute atomic E-state index is 6.77. The maximum Gasteiger partial charge on any atom is 0.161 e. The van der Waals surface area contributed by atoms with Crippen molar-refractivity contribution in [1.29, 1.82) is 0 Å². The third kappa shape index (κ3) is 3.46. The van der Waals surface area contributed by atoms with Crippen LogP contribution >= 0.6 is 0 Å². The molecule has 0 unspecified atom stereocenters. The number of aromatic nitrogens is 1. The minimum absolute atomic E-state index is 0.903. The number of para-hydroxylation sites is 3. The predicted molar refractivity (Wildman–Crippen MR) is 186 cm³/mol. The van der Waals surface area contributed by atoms with Gasteiger partial charge in [0.25, 0.3) is 0 Å². The van der Waals surface area contributed by atoms with Crippen LogP contribution in [0, 0.1) is 0 Å². The van der Waals surface area contributed by atoms with Gasteiger partial charge < -0.3 is 13.4 Å². The number of furan rings is 2. The molecule has 0 N–H and O–H groups in total. The Hall–Kier alpha value is -6.06. The van der Waals surface area contributed by atoms with Crippen molar-refractivity contribution in [2.24, 2.45) is 0 Å². The first-order chi connectivity index (χ1) is 22.3. The summed E-state index contributed by atoms with van der Waals surface area (Å²) in [5, 5.41) is 6.83. The largest absolute Gasteiger partial charge is 0.455 e. The van der Waals surface area contributed by atoms with Crippen LogP contribution in [0.2, 0.25) is 0 Å². The Kier molecular flexibility index (Phi) is 5.00. The van der Waals surface area contributed by atoms with Crippen LogP contribution in [0.15, 0.2) is 160 Å². The molecule has 3 heterocycles. The van der Waals surface area contributed by atoms with E-state index in [4.69, 9.17) is 8.83 Å². The SMILES string of the molecule is c1ccc(-n2c3ccccc3c3oc4c(-c5ccc(-c6cccc7oc8c9ccccc9ccc8c67)cc5)cccc4c32)cc1. The van der Waals surface area contributed by atoms with E-state index in [9.17, 15) is 0 Å². The van der Waals surface area contributed by atoms with Gasteiger partial charge in [0.1, 0.15) is 22.3 Å². The molecule has 0 aliphatic heterocycles. The first kappa shape index (κ1) is 24.4. The van der Waals surface area contributed by atoms with Crippen molar-refractivity contribution in [3.8, 4) is 27.9 Å². The zero-order chi connectivity index (χ0) is 29.5. The summed E-state index contributed by atoms with van der Waals surface area (Å²) in [6.07, 6.45) is 0. The normalized spacial score (nSPS) is 12.0. The molecule has 3 aromatic heterocycles. The molecule has 0 amide bonds. The molecular formula is C42H25NO2. The lowest BCUT2D eigenvalue weighted by atomic mass is 9.96. The van der Waals surface area contributed by atoms with Gasteiger partial charge in [-0.2, -0.15) is 0 Å². The second kappa shape index (κ2) is 9.22. The standard InChI is InChI=1S/C42H25NO2/c1-2-11-29(12-3-1)43-36-18-7-6-14-33(36)42-39(43)35-17-8-16-32(41(35)45-42)28-22-20-27(21-23-28)30-15-9-19-37-38(30)34-25-24-26-10-4-5-13-31(26)40(34)44-37/h1-25H. The number of hydrogen-bond donors (Lipinski definition) is 0. The minimum Gasteiger partial charge on any atom is -0.455 e. The van der Waals surface area contributed by atoms with Gasteiger partial charge in [0, 0.05) is 38.2 Å². The molecule has 0 spiro atoms. The molecule has 3 heteroatoms. The van der Waals surface area contributed by atoms with E-state index in [0.717, 1.165) is 82.7 Å². The lowest BCUT2D eigenvalue weighted by Crippen LogP contribution is -1.92. The van der Waals surface area contributed by atoms with Crippen LogP contribution in [-0.2, 0) is 0 Å². The Labute approximate surface area is 258 Å². The van der Waals surface area contributed by atoms with Gasteiger partial charge in [-0.3, -0.25) is 0 Å². The summed E-state index contributed by atoms with van der Waals surface area (Å²) in [5.41, 5.74) is 11.5. The Balaban J connectivity index is 1.14. The van der Waals surface area contributed by atoms with Crippen molar-refractivity contribution in [3.05, 3.63) is 152 Å². The number of nitrogens with zero attached hydrogens (tertiary/aromatic N) is 1. The Bertz CT molecular complexity index is 2740. The van der Waals surface area contributed by atoms with Crippen molar-refractivity contribution in [2.45, 2.75) is 0 Å². The molecule has 0 bridgehead atoms. The van der Waals surface area contributed by atoms with Gasteiger partial charge in [0.15, 0.2) is 5.58 Å². The lowest BCUT2D eigenvalue weighted by Gasteiger charge is -2.09. The van der Waals surface area contributed by atoms with Gasteiger partial charge in [0.2, 0.25) is 0 Å². The van der Waals surface area contributed by atoms with Crippen molar-refractivity contribution in [2.75, 3.05) is 0 Å². The van der Waals surface area contributed by atoms with Crippen LogP contribution in [0.1, 0.15) is 0 Å². The molecule has 0 fully saturated rings. The maximum atomic E-state index is 6.77. The zero-order valence-electron chi connectivity index (χ0n) is 24.2. The Morgan fingerprint density at radius 1 is 0.400 bits per heavy atom. The Morgan fingerprint density at radius 3 is 1.96 bits per heavy atom. The average Bonchev–Trinajstić information content (AvgIpc) is 3.78. The lowest BCUT2D eigenvalue weighted by molar-refractivity contribution is 0.672. The highest BCUT2D eigenvalue weighted by Crippen LogP contribution is 2.43. The third-order valence-electron chi connectivity index (χ3n) is 9.21. The van der Waals surface area contributed by atoms with E-state index in [-0.39, 0.29) is 0 Å². The fourth-order valence-corrected chi connectivity index (χ4v) is 7.19. The molecule has 0 atom stereocenters. The smallest absolute Gasteiger partial charge is 0.161 e. The van der Waals surface area contributed by atoms with E-state index < -0.39 is 0 Å². The van der Waals surface area contributed by atoms with Crippen LogP contribution in [0.5, 0.6) is 0 Å². The van der Waals surface area contributed by atoms with Gasteiger partial charge in [-0.1, -0.05) is 109 Å². The van der Waals surface area contributed by atoms with Crippen LogP contribution < -0.4 is 0 Å². The number of rotatable bonds is 3. The summed E-state index contributed by atoms with van der Waals surface area (Å²) in [7, 11) is 0. The van der Waals surface area contributed by atoms with Gasteiger partial charge in [-0.25, -0.2) is 0 Å². The molecule has 210 valence electrons. The van der Waals surface area contributed by atoms with Crippen molar-refractivity contribution in [1.82, 2.24) is 4.57 Å². The van der Waals surface area contributed by atoms with Gasteiger partial charge in [-0.15, -0.1) is 0 Å². The van der Waals surface area contributed by atoms with E-state index in [2.05, 4.69) is 156 Å². The highest BCUT2D eigenvalue weighted by atomic mass is 16.3. The molecule has 3 nitrogen and oxygen atoms in total. The topological polar surface area (TPSA) is 31.2 Å². The predicted octanol–water partition coefficient (Wildman–Crippen LogP) is 11.9. The minimum atomic E-state index is 0.903. The molecule has 10 aromatic rings. The summed E-state index contributed by atoms with van der Waals surface area (Å²) >= 11 is 0. The molecule has 0 saturated heterocycles. The third-order valence-corrected chi connectivity index (χ3v) is 9.21. The summed E-state index contributed by atoms with van der Waals surface area (Å²) in [4.78, 5) is 0. The van der Waals surface area contributed by atoms with E-state index in [1.54, 1.807) is 0 Å². The molecule has 0 radical (unpaired) electrons. The second-order valence-corrected chi connectivity index (χ2v) is 11.7. The van der Waals surface area contributed by atoms with Crippen molar-refractivity contribution >= 4 is 65.7 Å². The fourth-order valence-electron chi connectivity index (χ4n) is 7.19. The molecule has 0 aliphatic rings. The molecule has 45 heavy (non-hydrogen) atoms. The number of fused-ring (bicyclic) bond motifs is 10. The average molecular weight is 576 g/mol. The van der Waals surface area contributed by atoms with Crippen molar-refractivity contribution in [3.63, 3.8) is 0 Å². The first-order valence-electron chi connectivity index (χ1n) is 15.3. The van der Waals surface area contributed by atoms with Crippen molar-refractivity contribution < 1.29 is 8.83 Å². The Morgan fingerprint density at radius 2 is 1.09 bits per heavy atom.